The van der Waals surface area contributed by atoms with Gasteiger partial charge in [-0.05, 0) is 31.3 Å². The summed E-state index contributed by atoms with van der Waals surface area (Å²) in [6.07, 6.45) is 9.30. The van der Waals surface area contributed by atoms with E-state index < -0.39 is 0 Å². The largest absolute Gasteiger partial charge is 0.381 e. The van der Waals surface area contributed by atoms with Gasteiger partial charge in [-0.3, -0.25) is 30.3 Å². The maximum absolute atomic E-state index is 10.4. The van der Waals surface area contributed by atoms with E-state index in [1.807, 2.05) is 49.1 Å². The maximum atomic E-state index is 10.4. The predicted molar refractivity (Wildman–Crippen MR) is 210 cm³/mol. The molecule has 0 aromatic carbocycles. The molecule has 0 fully saturated rings. The van der Waals surface area contributed by atoms with Crippen LogP contribution in [0.1, 0.15) is 60.0 Å². The molecule has 17 nitrogen and oxygen atoms in total. The van der Waals surface area contributed by atoms with Gasteiger partial charge in [-0.15, -0.1) is 0 Å². The SMILES string of the molecule is CCC.CNC(=O)NC.CNCOCC(=O)NC.COCNCNC(C)=O.COCNCNC(C)=O.[CH2-][C@@H](C)n1cccc1.[CH2-][C@@H](C)n1cccc1.[Y]. The van der Waals surface area contributed by atoms with Gasteiger partial charge in [0.25, 0.3) is 0 Å². The summed E-state index contributed by atoms with van der Waals surface area (Å²) in [6, 6.07) is 8.55. The summed E-state index contributed by atoms with van der Waals surface area (Å²) < 4.78 is 18.2. The fourth-order valence-corrected chi connectivity index (χ4v) is 2.41. The first-order chi connectivity index (χ1) is 24.7. The van der Waals surface area contributed by atoms with Crippen molar-refractivity contribution in [2.75, 3.05) is 82.5 Å². The van der Waals surface area contributed by atoms with Crippen LogP contribution in [0.2, 0.25) is 0 Å². The number of nitrogens with zero attached hydrogens (tertiary/aromatic N) is 2. The maximum Gasteiger partial charge on any atom is 0.314 e. The van der Waals surface area contributed by atoms with E-state index in [2.05, 4.69) is 103 Å². The van der Waals surface area contributed by atoms with Gasteiger partial charge in [0, 0.05) is 107 Å². The van der Waals surface area contributed by atoms with Crippen molar-refractivity contribution in [2.45, 2.75) is 60.0 Å². The third-order valence-corrected chi connectivity index (χ3v) is 4.90. The van der Waals surface area contributed by atoms with Gasteiger partial charge in [-0.2, -0.15) is 0 Å². The van der Waals surface area contributed by atoms with Crippen LogP contribution in [0.5, 0.6) is 0 Å². The van der Waals surface area contributed by atoms with E-state index in [1.165, 1.54) is 20.3 Å². The first kappa shape index (κ1) is 62.1. The topological polar surface area (TPSA) is 202 Å². The average molecular weight is 834 g/mol. The predicted octanol–water partition coefficient (Wildman–Crippen LogP) is 2.20. The molecule has 0 bridgehead atoms. The summed E-state index contributed by atoms with van der Waals surface area (Å²) in [5.41, 5.74) is 0. The van der Waals surface area contributed by atoms with Gasteiger partial charge in [0.15, 0.2) is 0 Å². The molecule has 0 unspecified atom stereocenters. The Morgan fingerprint density at radius 3 is 1.19 bits per heavy atom. The number of hydrogen-bond acceptors (Lipinski definition) is 10. The molecule has 2 heterocycles. The molecule has 8 N–H and O–H groups in total. The first-order valence-corrected chi connectivity index (χ1v) is 16.8. The van der Waals surface area contributed by atoms with E-state index in [9.17, 15) is 19.2 Å². The Morgan fingerprint density at radius 2 is 1.00 bits per heavy atom. The molecule has 0 aliphatic rings. The number of nitrogens with one attached hydrogen (secondary N) is 8. The van der Waals surface area contributed by atoms with E-state index in [0.29, 0.717) is 45.6 Å². The molecule has 2 atom stereocenters. The van der Waals surface area contributed by atoms with Crippen molar-refractivity contribution in [1.82, 2.24) is 51.7 Å². The Labute approximate surface area is 345 Å². The van der Waals surface area contributed by atoms with Crippen molar-refractivity contribution < 1.29 is 66.1 Å². The van der Waals surface area contributed by atoms with Gasteiger partial charge in [-0.25, -0.2) is 4.79 Å². The van der Waals surface area contributed by atoms with Gasteiger partial charge in [-0.1, -0.05) is 46.2 Å². The molecule has 0 aliphatic carbocycles. The molecule has 0 aliphatic heterocycles. The molecular weight excluding hydrogens is 761 g/mol. The molecule has 18 heteroatoms. The monoisotopic (exact) mass is 833 g/mol. The summed E-state index contributed by atoms with van der Waals surface area (Å²) in [4.78, 5) is 40.8. The number of urea groups is 1. The number of ether oxygens (including phenoxy) is 3. The van der Waals surface area contributed by atoms with E-state index in [1.54, 1.807) is 42.4 Å². The van der Waals surface area contributed by atoms with Crippen LogP contribution >= 0.6 is 0 Å². The van der Waals surface area contributed by atoms with Crippen molar-refractivity contribution in [3.8, 4) is 0 Å². The van der Waals surface area contributed by atoms with Crippen molar-refractivity contribution >= 4 is 23.8 Å². The number of aromatic nitrogens is 2. The van der Waals surface area contributed by atoms with Crippen LogP contribution in [0.4, 0.5) is 4.79 Å². The van der Waals surface area contributed by atoms with Crippen molar-refractivity contribution in [3.63, 3.8) is 0 Å². The van der Waals surface area contributed by atoms with Crippen LogP contribution < -0.4 is 42.5 Å². The number of likely N-dealkylation sites (N-methyl/N-ethyl adjacent to an activating group) is 1. The summed E-state index contributed by atoms with van der Waals surface area (Å²) >= 11 is 0. The van der Waals surface area contributed by atoms with Crippen LogP contribution in [-0.2, 0) is 61.3 Å². The molecule has 5 amide bonds. The summed E-state index contributed by atoms with van der Waals surface area (Å²) in [5, 5.41) is 20.6. The molecule has 0 spiro atoms. The van der Waals surface area contributed by atoms with Crippen molar-refractivity contribution in [2.24, 2.45) is 0 Å². The standard InChI is InChI=1S/2C7H10N.3C5H12N2O2.C3H8N2O.C3H8.Y/c2*1-7(2)8-5-3-4-6-8;1-6-4-9-3-5(8)7-2;2*1-5(8)7-3-6-4-9-2;1-4-3(6)5-2;1-3-2;/h2*3-7H,1H2,2H3;3*6H,3-4H2,1-2H3,(H,7,8);1-2H3,(H2,4,5,6);3H2,1-2H3;/q2*-1;;;;;;/t2*7-;;;;;;/m00....../s1. The third-order valence-electron chi connectivity index (χ3n) is 4.90. The molecule has 2 rings (SSSR count). The molecule has 1 radical (unpaired) electrons. The second-order valence-electron chi connectivity index (χ2n) is 10.2. The Hall–Kier alpha value is -2.90. The van der Waals surface area contributed by atoms with E-state index in [4.69, 9.17) is 4.74 Å². The van der Waals surface area contributed by atoms with Gasteiger partial charge in [0.05, 0.1) is 33.5 Å². The van der Waals surface area contributed by atoms with Crippen LogP contribution in [0.3, 0.4) is 0 Å². The van der Waals surface area contributed by atoms with E-state index in [0.717, 1.165) is 0 Å². The number of amides is 5. The zero-order valence-electron chi connectivity index (χ0n) is 34.5. The van der Waals surface area contributed by atoms with E-state index >= 15 is 0 Å². The number of hydrogen-bond donors (Lipinski definition) is 8. The van der Waals surface area contributed by atoms with Crippen LogP contribution in [0.25, 0.3) is 0 Å². The van der Waals surface area contributed by atoms with Gasteiger partial charge < -0.3 is 63.8 Å². The Morgan fingerprint density at radius 1 is 0.660 bits per heavy atom. The van der Waals surface area contributed by atoms with Crippen LogP contribution in [0, 0.1) is 13.8 Å². The zero-order valence-corrected chi connectivity index (χ0v) is 37.3. The molecular formula is C35H72N10O7Y-2. The fraction of sp³-hybridized carbons (Fsp3) is 0.600. The second-order valence-corrected chi connectivity index (χ2v) is 10.2. The van der Waals surface area contributed by atoms with E-state index in [-0.39, 0.29) is 63.1 Å². The normalized spacial score (nSPS) is 9.92. The smallest absolute Gasteiger partial charge is 0.314 e. The van der Waals surface area contributed by atoms with Gasteiger partial charge in [0.1, 0.15) is 6.61 Å². The Kier molecular flexibility index (Phi) is 60.0. The molecule has 0 saturated carbocycles. The molecule has 2 aromatic rings. The summed E-state index contributed by atoms with van der Waals surface area (Å²) in [5.74, 6) is -0.192. The fourth-order valence-electron chi connectivity index (χ4n) is 2.41. The quantitative estimate of drug-likeness (QED) is 0.0793. The van der Waals surface area contributed by atoms with Crippen molar-refractivity contribution in [1.29, 1.82) is 0 Å². The Balaban J connectivity index is -0.000000123. The van der Waals surface area contributed by atoms with Crippen molar-refractivity contribution in [3.05, 3.63) is 62.9 Å². The minimum Gasteiger partial charge on any atom is -0.381 e. The molecule has 53 heavy (non-hydrogen) atoms. The van der Waals surface area contributed by atoms with Crippen LogP contribution in [0.15, 0.2) is 49.1 Å². The number of rotatable bonds is 14. The summed E-state index contributed by atoms with van der Waals surface area (Å²) in [7, 11) is 9.63. The van der Waals surface area contributed by atoms with Gasteiger partial charge in [0.2, 0.25) is 17.7 Å². The number of carbonyl (C=O) groups excluding carboxylic acids is 4. The first-order valence-electron chi connectivity index (χ1n) is 16.8. The molecule has 309 valence electrons. The molecule has 2 aromatic heterocycles. The zero-order chi connectivity index (χ0) is 41.0. The molecule has 0 saturated heterocycles. The minimum absolute atomic E-state index is 0. The number of methoxy groups -OCH3 is 2. The summed E-state index contributed by atoms with van der Waals surface area (Å²) in [6.45, 7) is 21.4. The number of carbonyl (C=O) groups is 4. The Bertz CT molecular complexity index is 949. The van der Waals surface area contributed by atoms with Gasteiger partial charge >= 0.3 is 6.03 Å². The third kappa shape index (κ3) is 61.5. The van der Waals surface area contributed by atoms with Crippen LogP contribution in [-0.4, -0.2) is 115 Å². The second kappa shape index (κ2) is 51.2. The average Bonchev–Trinajstić information content (AvgIpc) is 3.86. The minimum atomic E-state index is -0.157.